The second-order valence-corrected chi connectivity index (χ2v) is 13.5. The van der Waals surface area contributed by atoms with E-state index in [4.69, 9.17) is 9.72 Å². The number of alkyl halides is 3. The van der Waals surface area contributed by atoms with Crippen molar-refractivity contribution in [1.82, 2.24) is 29.3 Å². The van der Waals surface area contributed by atoms with Crippen LogP contribution in [0, 0.1) is 18.3 Å². The highest BCUT2D eigenvalue weighted by molar-refractivity contribution is 7.90. The Hall–Kier alpha value is -3.62. The van der Waals surface area contributed by atoms with Crippen LogP contribution in [0.2, 0.25) is 0 Å². The van der Waals surface area contributed by atoms with Gasteiger partial charge in [-0.15, -0.1) is 5.10 Å². The fourth-order valence-electron chi connectivity index (χ4n) is 6.11. The van der Waals surface area contributed by atoms with Crippen LogP contribution in [-0.2, 0) is 17.1 Å². The topological polar surface area (TPSA) is 124 Å². The van der Waals surface area contributed by atoms with Crippen molar-refractivity contribution in [2.24, 2.45) is 18.4 Å². The maximum Gasteiger partial charge on any atom is 0.397 e. The second-order valence-electron chi connectivity index (χ2n) is 11.9. The monoisotopic (exact) mass is 607 g/mol. The predicted molar refractivity (Wildman–Crippen MR) is 145 cm³/mol. The van der Waals surface area contributed by atoms with Crippen molar-refractivity contribution in [2.75, 3.05) is 18.1 Å². The van der Waals surface area contributed by atoms with E-state index >= 15 is 0 Å². The number of halogens is 3. The van der Waals surface area contributed by atoms with Gasteiger partial charge >= 0.3 is 6.18 Å². The Balaban J connectivity index is 1.31. The molecule has 1 unspecified atom stereocenters. The summed E-state index contributed by atoms with van der Waals surface area (Å²) in [5.41, 5.74) is -1.65. The number of carbonyl (C=O) groups is 1. The molecule has 3 aromatic rings. The quantitative estimate of drug-likeness (QED) is 0.409. The Morgan fingerprint density at radius 3 is 2.50 bits per heavy atom. The summed E-state index contributed by atoms with van der Waals surface area (Å²) < 4.78 is 76.5. The molecule has 1 amide bonds. The molecule has 4 heterocycles. The van der Waals surface area contributed by atoms with Crippen LogP contribution in [0.25, 0.3) is 5.82 Å². The summed E-state index contributed by atoms with van der Waals surface area (Å²) in [6.45, 7) is 3.80. The van der Waals surface area contributed by atoms with Gasteiger partial charge in [0.2, 0.25) is 5.88 Å². The minimum atomic E-state index is -4.34. The molecule has 3 fully saturated rings. The zero-order chi connectivity index (χ0) is 30.1. The first-order chi connectivity index (χ1) is 19.7. The Bertz CT molecular complexity index is 1640. The largest absolute Gasteiger partial charge is 0.476 e. The van der Waals surface area contributed by atoms with Crippen LogP contribution < -0.4 is 14.4 Å². The zero-order valence-corrected chi connectivity index (χ0v) is 24.3. The van der Waals surface area contributed by atoms with Gasteiger partial charge in [0.15, 0.2) is 5.82 Å². The molecule has 6 rings (SSSR count). The number of sulfonamides is 1. The Kier molecular flexibility index (Phi) is 6.59. The van der Waals surface area contributed by atoms with Crippen LogP contribution >= 0.6 is 0 Å². The third-order valence-electron chi connectivity index (χ3n) is 8.68. The van der Waals surface area contributed by atoms with Crippen LogP contribution in [0.4, 0.5) is 19.0 Å². The molecule has 1 saturated heterocycles. The first-order valence-electron chi connectivity index (χ1n) is 13.8. The van der Waals surface area contributed by atoms with Gasteiger partial charge in [-0.25, -0.2) is 22.8 Å². The molecule has 0 aromatic carbocycles. The van der Waals surface area contributed by atoms with E-state index in [1.165, 1.54) is 40.0 Å². The van der Waals surface area contributed by atoms with Crippen LogP contribution in [0.1, 0.15) is 61.5 Å². The molecule has 11 nitrogen and oxygen atoms in total. The average Bonchev–Trinajstić information content (AvgIpc) is 3.21. The maximum absolute atomic E-state index is 13.5. The highest BCUT2D eigenvalue weighted by atomic mass is 32.2. The molecule has 1 N–H and O–H groups in total. The Labute approximate surface area is 241 Å². The number of nitrogens with zero attached hydrogens (tertiary/aromatic N) is 6. The van der Waals surface area contributed by atoms with Gasteiger partial charge in [-0.3, -0.25) is 9.48 Å². The molecule has 2 aliphatic carbocycles. The smallest absolute Gasteiger partial charge is 0.397 e. The lowest BCUT2D eigenvalue weighted by Gasteiger charge is -2.47. The van der Waals surface area contributed by atoms with Crippen molar-refractivity contribution in [3.63, 3.8) is 0 Å². The number of anilines is 1. The number of carbonyl (C=O) groups excluding carboxylic acids is 1. The van der Waals surface area contributed by atoms with E-state index in [1.54, 1.807) is 14.0 Å². The molecule has 2 saturated carbocycles. The summed E-state index contributed by atoms with van der Waals surface area (Å²) in [6, 6.07) is 4.48. The molecule has 1 spiro atoms. The number of amides is 1. The fraction of sp³-hybridized carbons (Fsp3) is 0.556. The molecule has 0 bridgehead atoms. The van der Waals surface area contributed by atoms with E-state index in [1.807, 2.05) is 0 Å². The second kappa shape index (κ2) is 9.71. The lowest BCUT2D eigenvalue weighted by Crippen LogP contribution is -2.50. The van der Waals surface area contributed by atoms with Gasteiger partial charge in [0, 0.05) is 37.6 Å². The first kappa shape index (κ1) is 28.5. The van der Waals surface area contributed by atoms with Crippen LogP contribution in [0.3, 0.4) is 0 Å². The number of hydrogen-bond donors (Lipinski definition) is 1. The number of aryl methyl sites for hydroxylation is 2. The molecular formula is C27H32F3N7O4S. The highest BCUT2D eigenvalue weighted by Crippen LogP contribution is 2.57. The lowest BCUT2D eigenvalue weighted by atomic mass is 9.73. The molecule has 3 aromatic heterocycles. The first-order valence-corrected chi connectivity index (χ1v) is 15.3. The van der Waals surface area contributed by atoms with Gasteiger partial charge in [-0.1, -0.05) is 6.92 Å². The Morgan fingerprint density at radius 1 is 1.17 bits per heavy atom. The van der Waals surface area contributed by atoms with E-state index in [0.717, 1.165) is 25.7 Å². The highest BCUT2D eigenvalue weighted by Gasteiger charge is 2.64. The molecule has 3 aliphatic rings. The van der Waals surface area contributed by atoms with E-state index in [2.05, 4.69) is 26.7 Å². The summed E-state index contributed by atoms with van der Waals surface area (Å²) >= 11 is 0. The fourth-order valence-corrected chi connectivity index (χ4v) is 7.29. The van der Waals surface area contributed by atoms with E-state index in [0.29, 0.717) is 24.1 Å². The van der Waals surface area contributed by atoms with Gasteiger partial charge in [0.1, 0.15) is 22.7 Å². The van der Waals surface area contributed by atoms with E-state index in [-0.39, 0.29) is 40.4 Å². The van der Waals surface area contributed by atoms with E-state index < -0.39 is 34.1 Å². The summed E-state index contributed by atoms with van der Waals surface area (Å²) in [5.74, 6) is 0.181. The average molecular weight is 608 g/mol. The van der Waals surface area contributed by atoms with Crippen LogP contribution in [-0.4, -0.2) is 63.7 Å². The SMILES string of the molecule is Cc1nn(C)cc1S(=O)(=O)NC(=O)c1ccc(-n2ccc(OCC3(C(F)(F)F)CC3)n2)nc1N1CC(C)CC12CCC2. The van der Waals surface area contributed by atoms with Crippen LogP contribution in [0.15, 0.2) is 35.5 Å². The third kappa shape index (κ3) is 4.90. The van der Waals surface area contributed by atoms with Gasteiger partial charge in [-0.2, -0.15) is 18.3 Å². The van der Waals surface area contributed by atoms with Crippen molar-refractivity contribution in [1.29, 1.82) is 0 Å². The summed E-state index contributed by atoms with van der Waals surface area (Å²) in [6.07, 6.45) is 2.39. The minimum absolute atomic E-state index is 0.0255. The van der Waals surface area contributed by atoms with Crippen molar-refractivity contribution < 1.29 is 31.1 Å². The van der Waals surface area contributed by atoms with Gasteiger partial charge in [0.05, 0.1) is 11.3 Å². The van der Waals surface area contributed by atoms with E-state index in [9.17, 15) is 26.4 Å². The number of aromatic nitrogens is 5. The number of rotatable bonds is 8. The van der Waals surface area contributed by atoms with Crippen molar-refractivity contribution in [2.45, 2.75) is 69.0 Å². The normalized spacial score (nSPS) is 20.9. The van der Waals surface area contributed by atoms with Gasteiger partial charge in [0.25, 0.3) is 15.9 Å². The van der Waals surface area contributed by atoms with Gasteiger partial charge in [-0.05, 0) is 63.5 Å². The zero-order valence-electron chi connectivity index (χ0n) is 23.5. The van der Waals surface area contributed by atoms with Crippen molar-refractivity contribution in [3.05, 3.63) is 41.9 Å². The minimum Gasteiger partial charge on any atom is -0.476 e. The Morgan fingerprint density at radius 2 is 1.90 bits per heavy atom. The van der Waals surface area contributed by atoms with Gasteiger partial charge < -0.3 is 9.64 Å². The predicted octanol–water partition coefficient (Wildman–Crippen LogP) is 3.92. The number of nitrogens with one attached hydrogen (secondary N) is 1. The number of ether oxygens (including phenoxy) is 1. The van der Waals surface area contributed by atoms with Crippen LogP contribution in [0.5, 0.6) is 5.88 Å². The summed E-state index contributed by atoms with van der Waals surface area (Å²) in [7, 11) is -2.62. The maximum atomic E-state index is 13.5. The standard InChI is InChI=1S/C27H32F3N7O4S/c1-17-13-26(8-4-9-26)36(14-17)23-19(24(38)34-42(39,40)20-15-35(3)32-18(20)2)5-6-21(31-23)37-12-7-22(33-37)41-16-25(10-11-25)27(28,29)30/h5-7,12,15,17H,4,8-11,13-14,16H2,1-3H3,(H,34,38). The van der Waals surface area contributed by atoms with Crippen molar-refractivity contribution in [3.8, 4) is 11.7 Å². The molecule has 226 valence electrons. The molecular weight excluding hydrogens is 575 g/mol. The molecule has 1 aliphatic heterocycles. The van der Waals surface area contributed by atoms with Crippen molar-refractivity contribution >= 4 is 21.7 Å². The lowest BCUT2D eigenvalue weighted by molar-refractivity contribution is -0.194. The molecule has 0 radical (unpaired) electrons. The molecule has 42 heavy (non-hydrogen) atoms. The number of pyridine rings is 1. The third-order valence-corrected chi connectivity index (χ3v) is 10.1. The number of hydrogen-bond acceptors (Lipinski definition) is 8. The molecule has 1 atom stereocenters. The summed E-state index contributed by atoms with van der Waals surface area (Å²) in [4.78, 5) is 20.3. The molecule has 15 heteroatoms. The summed E-state index contributed by atoms with van der Waals surface area (Å²) in [5, 5.41) is 8.34.